The second-order valence-corrected chi connectivity index (χ2v) is 3.15. The van der Waals surface area contributed by atoms with Gasteiger partial charge in [-0.2, -0.15) is 5.26 Å². The van der Waals surface area contributed by atoms with Gasteiger partial charge in [-0.1, -0.05) is 6.07 Å². The Labute approximate surface area is 93.6 Å². The van der Waals surface area contributed by atoms with Gasteiger partial charge in [0.2, 0.25) is 0 Å². The standard InChI is InChI=1S/C11H12N4O/c1-8(10(6-12)11(13)16)15-7-9-4-2-3-5-14-9/h2-5,15H,7H2,1H3,(H2,13,16). The molecule has 5 heteroatoms. The van der Waals surface area contributed by atoms with Crippen molar-refractivity contribution in [2.45, 2.75) is 13.5 Å². The van der Waals surface area contributed by atoms with Crippen molar-refractivity contribution in [1.82, 2.24) is 10.3 Å². The van der Waals surface area contributed by atoms with Gasteiger partial charge in [-0.25, -0.2) is 0 Å². The highest BCUT2D eigenvalue weighted by atomic mass is 16.1. The van der Waals surface area contributed by atoms with E-state index in [1.165, 1.54) is 0 Å². The zero-order valence-electron chi connectivity index (χ0n) is 8.90. The van der Waals surface area contributed by atoms with Gasteiger partial charge in [0.15, 0.2) is 0 Å². The number of hydrogen-bond acceptors (Lipinski definition) is 4. The lowest BCUT2D eigenvalue weighted by atomic mass is 10.2. The predicted octanol–water partition coefficient (Wildman–Crippen LogP) is 0.454. The predicted molar refractivity (Wildman–Crippen MR) is 58.6 cm³/mol. The molecule has 0 aliphatic carbocycles. The Kier molecular flexibility index (Phi) is 4.04. The number of pyridine rings is 1. The Hall–Kier alpha value is -2.35. The molecule has 1 rings (SSSR count). The van der Waals surface area contributed by atoms with Crippen LogP contribution in [-0.4, -0.2) is 10.9 Å². The highest BCUT2D eigenvalue weighted by Gasteiger charge is 2.07. The van der Waals surface area contributed by atoms with E-state index in [-0.39, 0.29) is 5.57 Å². The Morgan fingerprint density at radius 3 is 2.88 bits per heavy atom. The lowest BCUT2D eigenvalue weighted by molar-refractivity contribution is -0.114. The third-order valence-electron chi connectivity index (χ3n) is 1.99. The second-order valence-electron chi connectivity index (χ2n) is 3.15. The quantitative estimate of drug-likeness (QED) is 0.564. The summed E-state index contributed by atoms with van der Waals surface area (Å²) in [5.41, 5.74) is 6.26. The van der Waals surface area contributed by atoms with E-state index in [0.717, 1.165) is 5.69 Å². The maximum absolute atomic E-state index is 10.9. The molecule has 0 unspecified atom stereocenters. The number of hydrogen-bond donors (Lipinski definition) is 2. The molecule has 0 aliphatic heterocycles. The average molecular weight is 216 g/mol. The number of aromatic nitrogens is 1. The Morgan fingerprint density at radius 2 is 2.38 bits per heavy atom. The summed E-state index contributed by atoms with van der Waals surface area (Å²) < 4.78 is 0. The molecule has 0 bridgehead atoms. The van der Waals surface area contributed by atoms with Gasteiger partial charge in [-0.3, -0.25) is 9.78 Å². The molecule has 82 valence electrons. The summed E-state index contributed by atoms with van der Waals surface area (Å²) in [5.74, 6) is -0.728. The first-order valence-corrected chi connectivity index (χ1v) is 4.69. The molecule has 0 saturated heterocycles. The summed E-state index contributed by atoms with van der Waals surface area (Å²) in [6.45, 7) is 2.08. The van der Waals surface area contributed by atoms with Crippen LogP contribution in [0.25, 0.3) is 0 Å². The number of amides is 1. The van der Waals surface area contributed by atoms with Crippen molar-refractivity contribution in [3.05, 3.63) is 41.4 Å². The van der Waals surface area contributed by atoms with E-state index < -0.39 is 5.91 Å². The van der Waals surface area contributed by atoms with Crippen molar-refractivity contribution in [2.75, 3.05) is 0 Å². The van der Waals surface area contributed by atoms with Gasteiger partial charge in [-0.15, -0.1) is 0 Å². The van der Waals surface area contributed by atoms with Crippen molar-refractivity contribution in [1.29, 1.82) is 5.26 Å². The van der Waals surface area contributed by atoms with Crippen molar-refractivity contribution >= 4 is 5.91 Å². The summed E-state index contributed by atoms with van der Waals surface area (Å²) in [6.07, 6.45) is 1.68. The molecule has 0 radical (unpaired) electrons. The van der Waals surface area contributed by atoms with Gasteiger partial charge < -0.3 is 11.1 Å². The fourth-order valence-electron chi connectivity index (χ4n) is 1.14. The lowest BCUT2D eigenvalue weighted by Crippen LogP contribution is -2.20. The maximum atomic E-state index is 10.9. The zero-order valence-corrected chi connectivity index (χ0v) is 8.90. The summed E-state index contributed by atoms with van der Waals surface area (Å²) in [7, 11) is 0. The molecule has 1 amide bonds. The fraction of sp³-hybridized carbons (Fsp3) is 0.182. The van der Waals surface area contributed by atoms with Crippen LogP contribution in [0.1, 0.15) is 12.6 Å². The van der Waals surface area contributed by atoms with E-state index in [9.17, 15) is 4.79 Å². The van der Waals surface area contributed by atoms with Gasteiger partial charge in [0.1, 0.15) is 11.6 Å². The third kappa shape index (κ3) is 3.10. The van der Waals surface area contributed by atoms with E-state index in [1.807, 2.05) is 18.2 Å². The second kappa shape index (κ2) is 5.51. The minimum Gasteiger partial charge on any atom is -0.382 e. The van der Waals surface area contributed by atoms with E-state index in [4.69, 9.17) is 11.0 Å². The molecule has 0 saturated carbocycles. The number of allylic oxidation sites excluding steroid dienone is 1. The molecule has 0 spiro atoms. The molecule has 0 aromatic carbocycles. The minimum absolute atomic E-state index is 0.0593. The van der Waals surface area contributed by atoms with E-state index in [1.54, 1.807) is 19.2 Å². The Balaban J connectivity index is 2.69. The molecule has 1 aromatic rings. The zero-order chi connectivity index (χ0) is 12.0. The number of carbonyl (C=O) groups excluding carboxylic acids is 1. The molecular weight excluding hydrogens is 204 g/mol. The molecular formula is C11H12N4O. The van der Waals surface area contributed by atoms with Gasteiger partial charge in [0, 0.05) is 11.9 Å². The van der Waals surface area contributed by atoms with Gasteiger partial charge in [0.25, 0.3) is 5.91 Å². The van der Waals surface area contributed by atoms with Crippen molar-refractivity contribution in [2.24, 2.45) is 5.73 Å². The molecule has 1 aromatic heterocycles. The first kappa shape index (κ1) is 11.7. The normalized spacial score (nSPS) is 11.2. The smallest absolute Gasteiger partial charge is 0.261 e. The van der Waals surface area contributed by atoms with Crippen LogP contribution in [-0.2, 0) is 11.3 Å². The Morgan fingerprint density at radius 1 is 1.62 bits per heavy atom. The molecule has 1 heterocycles. The molecule has 0 atom stereocenters. The highest BCUT2D eigenvalue weighted by Crippen LogP contribution is 2.00. The first-order valence-electron chi connectivity index (χ1n) is 4.69. The van der Waals surface area contributed by atoms with Gasteiger partial charge in [0.05, 0.1) is 12.2 Å². The van der Waals surface area contributed by atoms with Crippen molar-refractivity contribution in [3.8, 4) is 6.07 Å². The first-order chi connectivity index (χ1) is 7.65. The molecule has 3 N–H and O–H groups in total. The van der Waals surface area contributed by atoms with Crippen molar-refractivity contribution in [3.63, 3.8) is 0 Å². The molecule has 0 aliphatic rings. The maximum Gasteiger partial charge on any atom is 0.261 e. The lowest BCUT2D eigenvalue weighted by Gasteiger charge is -2.06. The van der Waals surface area contributed by atoms with Crippen LogP contribution in [0, 0.1) is 11.3 Å². The number of rotatable bonds is 4. The van der Waals surface area contributed by atoms with Crippen LogP contribution in [0.2, 0.25) is 0 Å². The van der Waals surface area contributed by atoms with E-state index in [2.05, 4.69) is 10.3 Å². The van der Waals surface area contributed by atoms with Crippen LogP contribution in [0.5, 0.6) is 0 Å². The summed E-state index contributed by atoms with van der Waals surface area (Å²) in [5, 5.41) is 11.6. The number of nitrogens with two attached hydrogens (primary N) is 1. The highest BCUT2D eigenvalue weighted by molar-refractivity contribution is 5.96. The molecule has 0 fully saturated rings. The van der Waals surface area contributed by atoms with Crippen molar-refractivity contribution < 1.29 is 4.79 Å². The van der Waals surface area contributed by atoms with Crippen LogP contribution in [0.4, 0.5) is 0 Å². The van der Waals surface area contributed by atoms with Crippen LogP contribution in [0.15, 0.2) is 35.7 Å². The van der Waals surface area contributed by atoms with Crippen LogP contribution in [0.3, 0.4) is 0 Å². The number of carbonyl (C=O) groups is 1. The summed E-state index contributed by atoms with van der Waals surface area (Å²) in [6, 6.07) is 7.28. The largest absolute Gasteiger partial charge is 0.382 e. The van der Waals surface area contributed by atoms with E-state index >= 15 is 0 Å². The molecule has 16 heavy (non-hydrogen) atoms. The van der Waals surface area contributed by atoms with Crippen LogP contribution >= 0.6 is 0 Å². The Bertz CT molecular complexity index is 445. The summed E-state index contributed by atoms with van der Waals surface area (Å²) in [4.78, 5) is 15.0. The monoisotopic (exact) mass is 216 g/mol. The molecule has 5 nitrogen and oxygen atoms in total. The fourth-order valence-corrected chi connectivity index (χ4v) is 1.14. The minimum atomic E-state index is -0.728. The topological polar surface area (TPSA) is 91.8 Å². The van der Waals surface area contributed by atoms with Crippen LogP contribution < -0.4 is 11.1 Å². The average Bonchev–Trinajstić information content (AvgIpc) is 2.28. The van der Waals surface area contributed by atoms with Gasteiger partial charge >= 0.3 is 0 Å². The number of nitrogens with one attached hydrogen (secondary N) is 1. The number of primary amides is 1. The number of nitrogens with zero attached hydrogens (tertiary/aromatic N) is 2. The van der Waals surface area contributed by atoms with E-state index in [0.29, 0.717) is 12.2 Å². The third-order valence-corrected chi connectivity index (χ3v) is 1.99. The summed E-state index contributed by atoms with van der Waals surface area (Å²) >= 11 is 0. The number of nitriles is 1. The van der Waals surface area contributed by atoms with Gasteiger partial charge in [-0.05, 0) is 19.1 Å². The SMILES string of the molecule is CC(NCc1ccccn1)=C(C#N)C(N)=O.